The summed E-state index contributed by atoms with van der Waals surface area (Å²) < 4.78 is 9.88. The summed E-state index contributed by atoms with van der Waals surface area (Å²) in [7, 11) is 1.40. The number of nitrogens with one attached hydrogen (secondary N) is 1. The molecule has 0 bridgehead atoms. The van der Waals surface area contributed by atoms with Crippen molar-refractivity contribution in [1.82, 2.24) is 5.32 Å². The van der Waals surface area contributed by atoms with Crippen LogP contribution in [0, 0.1) is 0 Å². The molecule has 0 fully saturated rings. The van der Waals surface area contributed by atoms with E-state index in [9.17, 15) is 14.7 Å². The van der Waals surface area contributed by atoms with E-state index in [1.54, 1.807) is 13.0 Å². The van der Waals surface area contributed by atoms with E-state index in [2.05, 4.69) is 5.32 Å². The Balaban J connectivity index is 2.74. The lowest BCUT2D eigenvalue weighted by Crippen LogP contribution is -2.43. The van der Waals surface area contributed by atoms with E-state index in [-0.39, 0.29) is 24.5 Å². The van der Waals surface area contributed by atoms with Gasteiger partial charge in [0.1, 0.15) is 12.6 Å². The lowest BCUT2D eigenvalue weighted by atomic mass is 10.1. The maximum Gasteiger partial charge on any atom is 0.326 e. The van der Waals surface area contributed by atoms with Crippen LogP contribution in [0.1, 0.15) is 12.5 Å². The first-order valence-electron chi connectivity index (χ1n) is 6.43. The van der Waals surface area contributed by atoms with Gasteiger partial charge < -0.3 is 25.0 Å². The Morgan fingerprint density at radius 3 is 2.67 bits per heavy atom. The molecule has 0 saturated carbocycles. The van der Waals surface area contributed by atoms with Gasteiger partial charge in [-0.25, -0.2) is 4.79 Å². The van der Waals surface area contributed by atoms with E-state index in [0.717, 1.165) is 0 Å². The third-order valence-electron chi connectivity index (χ3n) is 2.75. The standard InChI is InChI=1S/C14H19NO6/c1-3-21-8-13(17)15-10(14(18)19)6-9-4-5-11(16)12(7-9)20-2/h4-5,7,10,16H,3,6,8H2,1-2H3,(H,15,17)(H,18,19). The number of ether oxygens (including phenoxy) is 2. The second-order valence-corrected chi connectivity index (χ2v) is 4.31. The predicted molar refractivity (Wildman–Crippen MR) is 74.4 cm³/mol. The molecular formula is C14H19NO6. The summed E-state index contributed by atoms with van der Waals surface area (Å²) in [6, 6.07) is 3.43. The number of amides is 1. The van der Waals surface area contributed by atoms with Gasteiger partial charge in [0.2, 0.25) is 5.91 Å². The lowest BCUT2D eigenvalue weighted by molar-refractivity contribution is -0.142. The number of benzene rings is 1. The molecule has 1 rings (SSSR count). The molecule has 1 atom stereocenters. The molecule has 1 unspecified atom stereocenters. The first-order chi connectivity index (χ1) is 9.97. The normalized spacial score (nSPS) is 11.7. The molecule has 1 aromatic rings. The Bertz CT molecular complexity index is 502. The van der Waals surface area contributed by atoms with E-state index in [0.29, 0.717) is 12.2 Å². The van der Waals surface area contributed by atoms with E-state index < -0.39 is 17.9 Å². The SMILES string of the molecule is CCOCC(=O)NC(Cc1ccc(O)c(OC)c1)C(=O)O. The van der Waals surface area contributed by atoms with Crippen molar-refractivity contribution in [2.24, 2.45) is 0 Å². The highest BCUT2D eigenvalue weighted by atomic mass is 16.5. The van der Waals surface area contributed by atoms with Crippen molar-refractivity contribution >= 4 is 11.9 Å². The van der Waals surface area contributed by atoms with Crippen LogP contribution in [0.15, 0.2) is 18.2 Å². The van der Waals surface area contributed by atoms with Crippen LogP contribution in [-0.2, 0) is 20.7 Å². The van der Waals surface area contributed by atoms with Gasteiger partial charge in [-0.1, -0.05) is 6.07 Å². The van der Waals surface area contributed by atoms with Gasteiger partial charge in [0, 0.05) is 13.0 Å². The summed E-state index contributed by atoms with van der Waals surface area (Å²) in [6.45, 7) is 1.93. The minimum absolute atomic E-state index is 0.0338. The summed E-state index contributed by atoms with van der Waals surface area (Å²) in [4.78, 5) is 22.7. The fraction of sp³-hybridized carbons (Fsp3) is 0.429. The summed E-state index contributed by atoms with van der Waals surface area (Å²) in [5, 5.41) is 21.0. The molecular weight excluding hydrogens is 278 g/mol. The Morgan fingerprint density at radius 1 is 1.38 bits per heavy atom. The number of phenolic OH excluding ortho intramolecular Hbond substituents is 1. The fourth-order valence-corrected chi connectivity index (χ4v) is 1.72. The van der Waals surface area contributed by atoms with Crippen molar-refractivity contribution in [2.45, 2.75) is 19.4 Å². The summed E-state index contributed by atoms with van der Waals surface area (Å²) in [5.41, 5.74) is 0.619. The minimum atomic E-state index is -1.15. The number of phenols is 1. The second kappa shape index (κ2) is 8.11. The summed E-state index contributed by atoms with van der Waals surface area (Å²) >= 11 is 0. The first kappa shape index (κ1) is 16.8. The number of carboxylic acids is 1. The Morgan fingerprint density at radius 2 is 2.10 bits per heavy atom. The topological polar surface area (TPSA) is 105 Å². The smallest absolute Gasteiger partial charge is 0.326 e. The van der Waals surface area contributed by atoms with E-state index >= 15 is 0 Å². The van der Waals surface area contributed by atoms with Crippen LogP contribution in [0.5, 0.6) is 11.5 Å². The van der Waals surface area contributed by atoms with Crippen molar-refractivity contribution in [1.29, 1.82) is 0 Å². The van der Waals surface area contributed by atoms with Crippen LogP contribution >= 0.6 is 0 Å². The molecule has 0 radical (unpaired) electrons. The largest absolute Gasteiger partial charge is 0.504 e. The van der Waals surface area contributed by atoms with E-state index in [4.69, 9.17) is 14.6 Å². The molecule has 0 saturated heterocycles. The summed E-state index contributed by atoms with van der Waals surface area (Å²) in [5.74, 6) is -1.42. The van der Waals surface area contributed by atoms with Crippen LogP contribution in [0.2, 0.25) is 0 Å². The number of hydrogen-bond acceptors (Lipinski definition) is 5. The van der Waals surface area contributed by atoms with E-state index in [1.807, 2.05) is 0 Å². The van der Waals surface area contributed by atoms with Crippen molar-refractivity contribution in [3.63, 3.8) is 0 Å². The van der Waals surface area contributed by atoms with E-state index in [1.165, 1.54) is 19.2 Å². The van der Waals surface area contributed by atoms with Gasteiger partial charge in [-0.15, -0.1) is 0 Å². The second-order valence-electron chi connectivity index (χ2n) is 4.31. The number of aromatic hydroxyl groups is 1. The van der Waals surface area contributed by atoms with Crippen LogP contribution in [0.4, 0.5) is 0 Å². The monoisotopic (exact) mass is 297 g/mol. The minimum Gasteiger partial charge on any atom is -0.504 e. The highest BCUT2D eigenvalue weighted by Gasteiger charge is 2.21. The van der Waals surface area contributed by atoms with Gasteiger partial charge in [-0.05, 0) is 24.6 Å². The quantitative estimate of drug-likeness (QED) is 0.647. The average Bonchev–Trinajstić information content (AvgIpc) is 2.46. The zero-order chi connectivity index (χ0) is 15.8. The molecule has 7 heteroatoms. The number of aliphatic carboxylic acids is 1. The van der Waals surface area contributed by atoms with Crippen LogP contribution in [0.25, 0.3) is 0 Å². The molecule has 7 nitrogen and oxygen atoms in total. The Labute approximate surface area is 122 Å². The van der Waals surface area contributed by atoms with Gasteiger partial charge in [-0.3, -0.25) is 4.79 Å². The number of methoxy groups -OCH3 is 1. The maximum absolute atomic E-state index is 11.5. The molecule has 0 aromatic heterocycles. The number of carboxylic acid groups (broad SMARTS) is 1. The van der Waals surface area contributed by atoms with Gasteiger partial charge in [-0.2, -0.15) is 0 Å². The van der Waals surface area contributed by atoms with Crippen molar-refractivity contribution in [3.05, 3.63) is 23.8 Å². The number of hydrogen-bond donors (Lipinski definition) is 3. The highest BCUT2D eigenvalue weighted by Crippen LogP contribution is 2.26. The van der Waals surface area contributed by atoms with Gasteiger partial charge in [0.25, 0.3) is 0 Å². The van der Waals surface area contributed by atoms with Gasteiger partial charge in [0.05, 0.1) is 7.11 Å². The molecule has 3 N–H and O–H groups in total. The van der Waals surface area contributed by atoms with Gasteiger partial charge >= 0.3 is 5.97 Å². The van der Waals surface area contributed by atoms with Crippen LogP contribution in [0.3, 0.4) is 0 Å². The molecule has 21 heavy (non-hydrogen) atoms. The number of rotatable bonds is 8. The summed E-state index contributed by atoms with van der Waals surface area (Å²) in [6.07, 6.45) is 0.0733. The predicted octanol–water partition coefficient (Wildman–Crippen LogP) is 0.549. The Kier molecular flexibility index (Phi) is 6.48. The third kappa shape index (κ3) is 5.31. The zero-order valence-corrected chi connectivity index (χ0v) is 12.0. The molecule has 0 aliphatic rings. The zero-order valence-electron chi connectivity index (χ0n) is 12.0. The molecule has 1 aromatic carbocycles. The number of carbonyl (C=O) groups is 2. The van der Waals surface area contributed by atoms with Crippen molar-refractivity contribution in [2.75, 3.05) is 20.3 Å². The Hall–Kier alpha value is -2.28. The number of carbonyl (C=O) groups excluding carboxylic acids is 1. The van der Waals surface area contributed by atoms with Crippen molar-refractivity contribution < 1.29 is 29.3 Å². The molecule has 0 heterocycles. The molecule has 1 amide bonds. The highest BCUT2D eigenvalue weighted by molar-refractivity contribution is 5.84. The molecule has 0 aliphatic heterocycles. The molecule has 116 valence electrons. The maximum atomic E-state index is 11.5. The third-order valence-corrected chi connectivity index (χ3v) is 2.75. The van der Waals surface area contributed by atoms with Crippen LogP contribution < -0.4 is 10.1 Å². The first-order valence-corrected chi connectivity index (χ1v) is 6.43. The van der Waals surface area contributed by atoms with Gasteiger partial charge in [0.15, 0.2) is 11.5 Å². The lowest BCUT2D eigenvalue weighted by Gasteiger charge is -2.15. The fourth-order valence-electron chi connectivity index (χ4n) is 1.72. The van der Waals surface area contributed by atoms with Crippen molar-refractivity contribution in [3.8, 4) is 11.5 Å². The average molecular weight is 297 g/mol. The van der Waals surface area contributed by atoms with Crippen LogP contribution in [-0.4, -0.2) is 48.5 Å². The molecule has 0 aliphatic carbocycles. The molecule has 0 spiro atoms.